The number of halogens is 1. The molecule has 0 saturated carbocycles. The van der Waals surface area contributed by atoms with E-state index in [4.69, 9.17) is 16.3 Å². The van der Waals surface area contributed by atoms with Crippen LogP contribution in [0, 0.1) is 6.92 Å². The van der Waals surface area contributed by atoms with Crippen LogP contribution in [0.15, 0.2) is 36.5 Å². The zero-order valence-corrected chi connectivity index (χ0v) is 12.2. The number of pyridine rings is 1. The minimum absolute atomic E-state index is 0.431. The largest absolute Gasteiger partial charge is 0.488 e. The number of aromatic nitrogens is 1. The summed E-state index contributed by atoms with van der Waals surface area (Å²) in [7, 11) is 0. The van der Waals surface area contributed by atoms with E-state index in [0.717, 1.165) is 11.3 Å². The minimum Gasteiger partial charge on any atom is -0.488 e. The topological polar surface area (TPSA) is 22.1 Å². The fraction of sp³-hybridized carbons (Fsp3) is 0.312. The normalized spacial score (nSPS) is 10.8. The zero-order chi connectivity index (χ0) is 13.8. The van der Waals surface area contributed by atoms with E-state index in [0.29, 0.717) is 17.7 Å². The quantitative estimate of drug-likeness (QED) is 0.752. The Labute approximate surface area is 119 Å². The van der Waals surface area contributed by atoms with Crippen molar-refractivity contribution in [2.24, 2.45) is 0 Å². The van der Waals surface area contributed by atoms with Crippen molar-refractivity contribution in [1.29, 1.82) is 0 Å². The zero-order valence-electron chi connectivity index (χ0n) is 11.5. The lowest BCUT2D eigenvalue weighted by atomic mass is 10.0. The fourth-order valence-corrected chi connectivity index (χ4v) is 2.10. The maximum atomic E-state index is 6.03. The fourth-order valence-electron chi connectivity index (χ4n) is 1.93. The molecule has 2 nitrogen and oxygen atoms in total. The molecule has 0 spiro atoms. The lowest BCUT2D eigenvalue weighted by Crippen LogP contribution is -2.01. The molecule has 1 aromatic heterocycles. The Kier molecular flexibility index (Phi) is 4.43. The lowest BCUT2D eigenvalue weighted by Gasteiger charge is -2.15. The average Bonchev–Trinajstić information content (AvgIpc) is 2.37. The van der Waals surface area contributed by atoms with Crippen LogP contribution >= 0.6 is 11.6 Å². The first-order chi connectivity index (χ1) is 9.08. The van der Waals surface area contributed by atoms with Gasteiger partial charge in [-0.1, -0.05) is 43.6 Å². The second-order valence-electron chi connectivity index (χ2n) is 4.94. The highest BCUT2D eigenvalue weighted by molar-refractivity contribution is 6.30. The van der Waals surface area contributed by atoms with Gasteiger partial charge in [0.15, 0.2) is 0 Å². The number of hydrogen-bond acceptors (Lipinski definition) is 2. The van der Waals surface area contributed by atoms with E-state index in [2.05, 4.69) is 44.0 Å². The molecule has 0 amide bonds. The van der Waals surface area contributed by atoms with Crippen molar-refractivity contribution in [3.63, 3.8) is 0 Å². The Balaban J connectivity index is 2.19. The van der Waals surface area contributed by atoms with Gasteiger partial charge in [0.1, 0.15) is 17.5 Å². The van der Waals surface area contributed by atoms with Gasteiger partial charge in [-0.15, -0.1) is 0 Å². The van der Waals surface area contributed by atoms with Gasteiger partial charge in [0, 0.05) is 11.8 Å². The molecular weight excluding hydrogens is 258 g/mol. The molecule has 1 aromatic carbocycles. The van der Waals surface area contributed by atoms with E-state index in [-0.39, 0.29) is 0 Å². The molecule has 0 N–H and O–H groups in total. The van der Waals surface area contributed by atoms with Crippen LogP contribution in [-0.2, 0) is 6.61 Å². The highest BCUT2D eigenvalue weighted by Crippen LogP contribution is 2.28. The third-order valence-electron chi connectivity index (χ3n) is 3.01. The molecule has 1 heterocycles. The van der Waals surface area contributed by atoms with Gasteiger partial charge in [-0.05, 0) is 36.1 Å². The number of benzene rings is 1. The van der Waals surface area contributed by atoms with Crippen molar-refractivity contribution in [2.45, 2.75) is 33.3 Å². The van der Waals surface area contributed by atoms with Crippen molar-refractivity contribution in [2.75, 3.05) is 0 Å². The third-order valence-corrected chi connectivity index (χ3v) is 3.35. The van der Waals surface area contributed by atoms with E-state index in [1.807, 2.05) is 12.1 Å². The van der Waals surface area contributed by atoms with Gasteiger partial charge in [0.05, 0.1) is 0 Å². The third kappa shape index (κ3) is 3.48. The molecule has 0 aliphatic heterocycles. The van der Waals surface area contributed by atoms with Crippen molar-refractivity contribution >= 4 is 11.6 Å². The predicted octanol–water partition coefficient (Wildman–Crippen LogP) is 4.75. The number of hydrogen-bond donors (Lipinski definition) is 0. The van der Waals surface area contributed by atoms with Crippen LogP contribution in [0.4, 0.5) is 0 Å². The summed E-state index contributed by atoms with van der Waals surface area (Å²) < 4.78 is 5.92. The molecule has 100 valence electrons. The number of aryl methyl sites for hydroxylation is 1. The predicted molar refractivity (Wildman–Crippen MR) is 78.8 cm³/mol. The summed E-state index contributed by atoms with van der Waals surface area (Å²) in [6.07, 6.45) is 1.68. The minimum atomic E-state index is 0.431. The Hall–Kier alpha value is -1.54. The number of nitrogens with zero attached hydrogens (tertiary/aromatic N) is 1. The van der Waals surface area contributed by atoms with E-state index in [9.17, 15) is 0 Å². The van der Waals surface area contributed by atoms with Gasteiger partial charge in [0.25, 0.3) is 0 Å². The van der Waals surface area contributed by atoms with Gasteiger partial charge in [-0.2, -0.15) is 0 Å². The summed E-state index contributed by atoms with van der Waals surface area (Å²) in [6.45, 7) is 6.83. The molecule has 0 fully saturated rings. The molecule has 2 aromatic rings. The van der Waals surface area contributed by atoms with Crippen LogP contribution in [0.25, 0.3) is 0 Å². The molecule has 0 atom stereocenters. The SMILES string of the molecule is Cc1ccc(C(C)C)c(OCc2cccnc2Cl)c1. The molecular formula is C16H18ClNO. The molecule has 0 radical (unpaired) electrons. The second-order valence-corrected chi connectivity index (χ2v) is 5.30. The molecule has 0 saturated heterocycles. The van der Waals surface area contributed by atoms with Gasteiger partial charge < -0.3 is 4.74 Å². The highest BCUT2D eigenvalue weighted by Gasteiger charge is 2.09. The maximum Gasteiger partial charge on any atom is 0.135 e. The van der Waals surface area contributed by atoms with E-state index in [1.165, 1.54) is 11.1 Å². The Morgan fingerprint density at radius 1 is 1.26 bits per heavy atom. The summed E-state index contributed by atoms with van der Waals surface area (Å²) in [5, 5.41) is 0.501. The first-order valence-electron chi connectivity index (χ1n) is 6.40. The van der Waals surface area contributed by atoms with Crippen LogP contribution in [-0.4, -0.2) is 4.98 Å². The molecule has 0 unspecified atom stereocenters. The van der Waals surface area contributed by atoms with Gasteiger partial charge in [-0.25, -0.2) is 4.98 Å². The van der Waals surface area contributed by atoms with E-state index < -0.39 is 0 Å². The molecule has 2 rings (SSSR count). The van der Waals surface area contributed by atoms with Crippen molar-refractivity contribution < 1.29 is 4.74 Å². The summed E-state index contributed by atoms with van der Waals surface area (Å²) in [5.41, 5.74) is 3.31. The number of rotatable bonds is 4. The monoisotopic (exact) mass is 275 g/mol. The summed E-state index contributed by atoms with van der Waals surface area (Å²) in [4.78, 5) is 4.05. The second kappa shape index (κ2) is 6.07. The molecule has 0 aliphatic carbocycles. The summed E-state index contributed by atoms with van der Waals surface area (Å²) in [5.74, 6) is 1.36. The standard InChI is InChI=1S/C16H18ClNO/c1-11(2)14-7-6-12(3)9-15(14)19-10-13-5-4-8-18-16(13)17/h4-9,11H,10H2,1-3H3. The number of ether oxygens (including phenoxy) is 1. The van der Waals surface area contributed by atoms with Gasteiger partial charge in [0.2, 0.25) is 0 Å². The molecule has 0 bridgehead atoms. The Morgan fingerprint density at radius 3 is 2.74 bits per heavy atom. The van der Waals surface area contributed by atoms with Crippen LogP contribution in [0.5, 0.6) is 5.75 Å². The van der Waals surface area contributed by atoms with Crippen LogP contribution in [0.2, 0.25) is 5.15 Å². The highest BCUT2D eigenvalue weighted by atomic mass is 35.5. The lowest BCUT2D eigenvalue weighted by molar-refractivity contribution is 0.301. The van der Waals surface area contributed by atoms with Crippen LogP contribution in [0.3, 0.4) is 0 Å². The van der Waals surface area contributed by atoms with Crippen LogP contribution in [0.1, 0.15) is 36.5 Å². The average molecular weight is 276 g/mol. The van der Waals surface area contributed by atoms with Crippen LogP contribution < -0.4 is 4.74 Å². The Morgan fingerprint density at radius 2 is 2.05 bits per heavy atom. The van der Waals surface area contributed by atoms with Crippen molar-refractivity contribution in [3.05, 3.63) is 58.4 Å². The first kappa shape index (κ1) is 13.9. The molecule has 3 heteroatoms. The molecule has 19 heavy (non-hydrogen) atoms. The van der Waals surface area contributed by atoms with E-state index in [1.54, 1.807) is 6.20 Å². The summed E-state index contributed by atoms with van der Waals surface area (Å²) >= 11 is 6.03. The van der Waals surface area contributed by atoms with Crippen molar-refractivity contribution in [1.82, 2.24) is 4.98 Å². The maximum absolute atomic E-state index is 6.03. The smallest absolute Gasteiger partial charge is 0.135 e. The summed E-state index contributed by atoms with van der Waals surface area (Å²) in [6, 6.07) is 10.1. The van der Waals surface area contributed by atoms with Gasteiger partial charge in [-0.3, -0.25) is 0 Å². The van der Waals surface area contributed by atoms with Crippen molar-refractivity contribution in [3.8, 4) is 5.75 Å². The van der Waals surface area contributed by atoms with E-state index >= 15 is 0 Å². The van der Waals surface area contributed by atoms with Gasteiger partial charge >= 0.3 is 0 Å². The first-order valence-corrected chi connectivity index (χ1v) is 6.78. The Bertz CT molecular complexity index is 566. The molecule has 0 aliphatic rings.